The van der Waals surface area contributed by atoms with Crippen LogP contribution in [0.1, 0.15) is 37.8 Å². The Morgan fingerprint density at radius 1 is 1.03 bits per heavy atom. The quantitative estimate of drug-likeness (QED) is 0.222. The van der Waals surface area contributed by atoms with Crippen molar-refractivity contribution < 1.29 is 33.0 Å². The number of aliphatic hydroxyl groups is 1. The molecular weight excluding hydrogens is 544 g/mol. The third-order valence-corrected chi connectivity index (χ3v) is 7.93. The summed E-state index contributed by atoms with van der Waals surface area (Å²) in [6.07, 6.45) is -0.922. The number of carboxylic acids is 1. The molecule has 0 saturated heterocycles. The molecule has 2 rings (SSSR count). The summed E-state index contributed by atoms with van der Waals surface area (Å²) >= 11 is 0. The number of nitrogens with one attached hydrogen (secondary N) is 2. The fourth-order valence-corrected chi connectivity index (χ4v) is 5.86. The number of carbonyl (C=O) groups is 2. The normalized spacial score (nSPS) is 13.7. The number of ether oxygens (including phenoxy) is 1. The van der Waals surface area contributed by atoms with Crippen LogP contribution in [0.15, 0.2) is 54.6 Å². The second-order valence-electron chi connectivity index (χ2n) is 9.95. The van der Waals surface area contributed by atoms with Gasteiger partial charge in [0.05, 0.1) is 43.1 Å². The molecule has 9 nitrogen and oxygen atoms in total. The third kappa shape index (κ3) is 13.3. The number of hydrogen-bond acceptors (Lipinski definition) is 7. The van der Waals surface area contributed by atoms with Gasteiger partial charge in [-0.15, -0.1) is 12.4 Å². The molecule has 0 saturated carbocycles. The SMILES string of the molecule is COc1cccc(CNC[C@@H](O)[C@H](Cc2ccccc2)NC(=O)C(CC(=O)O)CS(=O)(=O)CCC(C)C)c1.Cl. The standard InChI is InChI=1S/C28H40N2O7S.ClH/c1-20(2)12-13-38(35,36)19-23(16-27(32)33)28(34)30-25(15-21-8-5-4-6-9-21)26(31)18-29-17-22-10-7-11-24(14-22)37-3;/h4-11,14,20,23,25-26,29,31H,12-13,15-19H2,1-3H3,(H,30,34)(H,32,33);1H/t23?,25-,26+;/m0./s1. The number of rotatable bonds is 17. The van der Waals surface area contributed by atoms with Gasteiger partial charge >= 0.3 is 5.97 Å². The van der Waals surface area contributed by atoms with Gasteiger partial charge in [0.1, 0.15) is 5.75 Å². The van der Waals surface area contributed by atoms with Gasteiger partial charge in [-0.2, -0.15) is 0 Å². The molecule has 0 aliphatic rings. The third-order valence-electron chi connectivity index (χ3n) is 6.16. The highest BCUT2D eigenvalue weighted by atomic mass is 35.5. The average molecular weight is 585 g/mol. The first kappa shape index (κ1) is 34.4. The molecule has 0 aromatic heterocycles. The number of aliphatic hydroxyl groups excluding tert-OH is 1. The smallest absolute Gasteiger partial charge is 0.304 e. The van der Waals surface area contributed by atoms with E-state index >= 15 is 0 Å². The zero-order valence-electron chi connectivity index (χ0n) is 22.7. The molecule has 0 radical (unpaired) electrons. The largest absolute Gasteiger partial charge is 0.497 e. The fourth-order valence-electron chi connectivity index (χ4n) is 3.98. The molecule has 0 spiro atoms. The number of sulfone groups is 1. The van der Waals surface area contributed by atoms with Crippen molar-refractivity contribution in [3.8, 4) is 5.75 Å². The van der Waals surface area contributed by atoms with E-state index in [-0.39, 0.29) is 37.0 Å². The molecule has 3 atom stereocenters. The van der Waals surface area contributed by atoms with Crippen molar-refractivity contribution in [3.05, 3.63) is 65.7 Å². The summed E-state index contributed by atoms with van der Waals surface area (Å²) in [6, 6.07) is 16.0. The molecule has 4 N–H and O–H groups in total. The van der Waals surface area contributed by atoms with E-state index in [9.17, 15) is 28.2 Å². The number of benzene rings is 2. The summed E-state index contributed by atoms with van der Waals surface area (Å²) in [6.45, 7) is 4.39. The van der Waals surface area contributed by atoms with E-state index in [1.54, 1.807) is 7.11 Å². The van der Waals surface area contributed by atoms with E-state index in [4.69, 9.17) is 4.74 Å². The Balaban J connectivity index is 0.00000760. The minimum atomic E-state index is -3.64. The Morgan fingerprint density at radius 2 is 1.69 bits per heavy atom. The first-order valence-electron chi connectivity index (χ1n) is 12.8. The maximum Gasteiger partial charge on any atom is 0.304 e. The van der Waals surface area contributed by atoms with Gasteiger partial charge in [0.25, 0.3) is 0 Å². The number of hydrogen-bond donors (Lipinski definition) is 4. The fraction of sp³-hybridized carbons (Fsp3) is 0.500. The van der Waals surface area contributed by atoms with Gasteiger partial charge in [-0.05, 0) is 42.0 Å². The lowest BCUT2D eigenvalue weighted by Gasteiger charge is -2.27. The van der Waals surface area contributed by atoms with Crippen LogP contribution in [0.5, 0.6) is 5.75 Å². The van der Waals surface area contributed by atoms with Crippen LogP contribution in [0.25, 0.3) is 0 Å². The number of aliphatic carboxylic acids is 1. The van der Waals surface area contributed by atoms with Gasteiger partial charge in [-0.3, -0.25) is 9.59 Å². The number of carboxylic acid groups (broad SMARTS) is 1. The molecule has 1 unspecified atom stereocenters. The van der Waals surface area contributed by atoms with Crippen LogP contribution in [0, 0.1) is 11.8 Å². The molecule has 39 heavy (non-hydrogen) atoms. The van der Waals surface area contributed by atoms with Gasteiger partial charge in [0, 0.05) is 13.1 Å². The van der Waals surface area contributed by atoms with Crippen molar-refractivity contribution in [1.29, 1.82) is 0 Å². The first-order chi connectivity index (χ1) is 18.0. The number of amides is 1. The summed E-state index contributed by atoms with van der Waals surface area (Å²) in [4.78, 5) is 24.6. The molecule has 0 bridgehead atoms. The van der Waals surface area contributed by atoms with Crippen LogP contribution in [0.3, 0.4) is 0 Å². The molecule has 2 aromatic carbocycles. The lowest BCUT2D eigenvalue weighted by molar-refractivity contribution is -0.141. The van der Waals surface area contributed by atoms with Gasteiger partial charge in [-0.1, -0.05) is 56.3 Å². The summed E-state index contributed by atoms with van der Waals surface area (Å²) in [5.74, 6) is -3.02. The van der Waals surface area contributed by atoms with Crippen molar-refractivity contribution in [2.45, 2.75) is 51.8 Å². The lowest BCUT2D eigenvalue weighted by Crippen LogP contribution is -2.51. The average Bonchev–Trinajstić information content (AvgIpc) is 2.87. The van der Waals surface area contributed by atoms with Crippen molar-refractivity contribution >= 4 is 34.1 Å². The van der Waals surface area contributed by atoms with Gasteiger partial charge in [0.2, 0.25) is 5.91 Å². The molecule has 1 amide bonds. The van der Waals surface area contributed by atoms with Crippen LogP contribution < -0.4 is 15.4 Å². The Bertz CT molecular complexity index is 1130. The maximum atomic E-state index is 13.2. The van der Waals surface area contributed by atoms with E-state index in [0.717, 1.165) is 11.1 Å². The number of methoxy groups -OCH3 is 1. The molecular formula is C28H41ClN2O7S. The summed E-state index contributed by atoms with van der Waals surface area (Å²) < 4.78 is 30.5. The minimum Gasteiger partial charge on any atom is -0.497 e. The van der Waals surface area contributed by atoms with Gasteiger partial charge < -0.3 is 25.6 Å². The maximum absolute atomic E-state index is 13.2. The second kappa shape index (κ2) is 17.1. The Kier molecular flexibility index (Phi) is 15.1. The van der Waals surface area contributed by atoms with Crippen LogP contribution in [0.2, 0.25) is 0 Å². The highest BCUT2D eigenvalue weighted by Gasteiger charge is 2.31. The van der Waals surface area contributed by atoms with Crippen molar-refractivity contribution in [3.63, 3.8) is 0 Å². The summed E-state index contributed by atoms with van der Waals surface area (Å²) in [7, 11) is -2.06. The van der Waals surface area contributed by atoms with Crippen LogP contribution in [-0.4, -0.2) is 67.8 Å². The monoisotopic (exact) mass is 584 g/mol. The molecule has 11 heteroatoms. The zero-order chi connectivity index (χ0) is 28.1. The molecule has 2 aromatic rings. The van der Waals surface area contributed by atoms with Crippen molar-refractivity contribution in [2.24, 2.45) is 11.8 Å². The molecule has 218 valence electrons. The van der Waals surface area contributed by atoms with Crippen LogP contribution in [0.4, 0.5) is 0 Å². The van der Waals surface area contributed by atoms with E-state index in [0.29, 0.717) is 18.7 Å². The molecule has 0 aliphatic carbocycles. The first-order valence-corrected chi connectivity index (χ1v) is 14.6. The molecule has 0 fully saturated rings. The summed E-state index contributed by atoms with van der Waals surface area (Å²) in [5, 5.41) is 26.3. The predicted octanol–water partition coefficient (Wildman–Crippen LogP) is 2.85. The van der Waals surface area contributed by atoms with Crippen molar-refractivity contribution in [2.75, 3.05) is 25.2 Å². The summed E-state index contributed by atoms with van der Waals surface area (Å²) in [5.41, 5.74) is 1.82. The Hall–Kier alpha value is -2.66. The van der Waals surface area contributed by atoms with Gasteiger partial charge in [-0.25, -0.2) is 8.42 Å². The van der Waals surface area contributed by atoms with Crippen molar-refractivity contribution in [1.82, 2.24) is 10.6 Å². The lowest BCUT2D eigenvalue weighted by atomic mass is 9.99. The highest BCUT2D eigenvalue weighted by Crippen LogP contribution is 2.15. The van der Waals surface area contributed by atoms with E-state index in [2.05, 4.69) is 10.6 Å². The predicted molar refractivity (Wildman–Crippen MR) is 154 cm³/mol. The Morgan fingerprint density at radius 3 is 2.31 bits per heavy atom. The van der Waals surface area contributed by atoms with E-state index < -0.39 is 52.0 Å². The molecule has 0 heterocycles. The minimum absolute atomic E-state index is 0. The zero-order valence-corrected chi connectivity index (χ0v) is 24.3. The number of halogens is 1. The van der Waals surface area contributed by atoms with Gasteiger partial charge in [0.15, 0.2) is 9.84 Å². The Labute approximate surface area is 237 Å². The van der Waals surface area contributed by atoms with Crippen LogP contribution in [-0.2, 0) is 32.4 Å². The van der Waals surface area contributed by atoms with E-state index in [1.165, 1.54) is 0 Å². The topological polar surface area (TPSA) is 142 Å². The highest BCUT2D eigenvalue weighted by molar-refractivity contribution is 7.91. The second-order valence-corrected chi connectivity index (χ2v) is 12.2. The van der Waals surface area contributed by atoms with E-state index in [1.807, 2.05) is 68.4 Å². The van der Waals surface area contributed by atoms with Crippen LogP contribution >= 0.6 is 12.4 Å². The molecule has 0 aliphatic heterocycles. The number of carbonyl (C=O) groups excluding carboxylic acids is 1.